The molecule has 178 valence electrons. The van der Waals surface area contributed by atoms with E-state index in [1.54, 1.807) is 23.1 Å². The van der Waals surface area contributed by atoms with E-state index in [2.05, 4.69) is 0 Å². The first-order valence-corrected chi connectivity index (χ1v) is 11.7. The molecule has 1 saturated carbocycles. The van der Waals surface area contributed by atoms with Crippen molar-refractivity contribution in [2.45, 2.75) is 52.7 Å². The molecule has 2 aromatic rings. The minimum Gasteiger partial charge on any atom is -0.490 e. The van der Waals surface area contributed by atoms with E-state index >= 15 is 0 Å². The van der Waals surface area contributed by atoms with Crippen LogP contribution in [0, 0.1) is 6.92 Å². The van der Waals surface area contributed by atoms with Gasteiger partial charge in [-0.3, -0.25) is 9.59 Å². The Labute approximate surface area is 194 Å². The molecule has 1 amide bonds. The van der Waals surface area contributed by atoms with Gasteiger partial charge in [-0.05, 0) is 58.7 Å². The van der Waals surface area contributed by atoms with Crippen LogP contribution >= 0.6 is 0 Å². The highest BCUT2D eigenvalue weighted by Crippen LogP contribution is 2.40. The number of nitrogens with zero attached hydrogens (tertiary/aromatic N) is 2. The van der Waals surface area contributed by atoms with Crippen LogP contribution in [0.4, 0.5) is 0 Å². The maximum Gasteiger partial charge on any atom is 0.254 e. The van der Waals surface area contributed by atoms with E-state index in [4.69, 9.17) is 18.9 Å². The maximum absolute atomic E-state index is 13.1. The zero-order chi connectivity index (χ0) is 23.5. The topological polar surface area (TPSA) is 79.2 Å². The Morgan fingerprint density at radius 1 is 0.939 bits per heavy atom. The smallest absolute Gasteiger partial charge is 0.254 e. The number of aromatic nitrogens is 1. The molecule has 1 aliphatic carbocycles. The Morgan fingerprint density at radius 2 is 1.55 bits per heavy atom. The molecule has 0 bridgehead atoms. The molecule has 1 aromatic carbocycles. The molecular formula is C25H32N2O6. The van der Waals surface area contributed by atoms with Crippen molar-refractivity contribution in [3.05, 3.63) is 45.9 Å². The third-order valence-electron chi connectivity index (χ3n) is 5.74. The molecule has 0 spiro atoms. The summed E-state index contributed by atoms with van der Waals surface area (Å²) in [6.45, 7) is 9.84. The summed E-state index contributed by atoms with van der Waals surface area (Å²) < 4.78 is 25.0. The Hall–Kier alpha value is -3.16. The van der Waals surface area contributed by atoms with Crippen LogP contribution in [-0.2, 0) is 0 Å². The maximum atomic E-state index is 13.1. The zero-order valence-corrected chi connectivity index (χ0v) is 19.8. The third kappa shape index (κ3) is 4.94. The van der Waals surface area contributed by atoms with Crippen molar-refractivity contribution in [1.29, 1.82) is 0 Å². The highest BCUT2D eigenvalue weighted by Gasteiger charge is 2.34. The summed E-state index contributed by atoms with van der Waals surface area (Å²) in [5.41, 5.74) is 1.36. The number of pyridine rings is 1. The van der Waals surface area contributed by atoms with E-state index in [-0.39, 0.29) is 17.6 Å². The van der Waals surface area contributed by atoms with Gasteiger partial charge < -0.3 is 28.4 Å². The van der Waals surface area contributed by atoms with Gasteiger partial charge in [0, 0.05) is 23.4 Å². The Balaban J connectivity index is 1.44. The van der Waals surface area contributed by atoms with E-state index in [1.165, 1.54) is 0 Å². The molecule has 2 fully saturated rings. The van der Waals surface area contributed by atoms with E-state index < -0.39 is 0 Å². The lowest BCUT2D eigenvalue weighted by Crippen LogP contribution is -2.56. The fourth-order valence-electron chi connectivity index (χ4n) is 4.12. The van der Waals surface area contributed by atoms with Crippen LogP contribution in [0.2, 0.25) is 0 Å². The highest BCUT2D eigenvalue weighted by molar-refractivity contribution is 5.96. The lowest BCUT2D eigenvalue weighted by molar-refractivity contribution is 0.0176. The van der Waals surface area contributed by atoms with Crippen LogP contribution in [-0.4, -0.2) is 54.4 Å². The summed E-state index contributed by atoms with van der Waals surface area (Å²) in [4.78, 5) is 27.2. The van der Waals surface area contributed by atoms with Gasteiger partial charge in [0.15, 0.2) is 11.5 Å². The van der Waals surface area contributed by atoms with Gasteiger partial charge in [0.25, 0.3) is 11.5 Å². The summed E-state index contributed by atoms with van der Waals surface area (Å²) in [6.07, 6.45) is 1.97. The van der Waals surface area contributed by atoms with Crippen molar-refractivity contribution in [3.63, 3.8) is 0 Å². The molecule has 2 heterocycles. The fraction of sp³-hybridized carbons (Fsp3) is 0.520. The van der Waals surface area contributed by atoms with E-state index in [9.17, 15) is 9.59 Å². The molecule has 0 radical (unpaired) electrons. The predicted molar refractivity (Wildman–Crippen MR) is 124 cm³/mol. The van der Waals surface area contributed by atoms with Crippen LogP contribution in [0.5, 0.6) is 23.0 Å². The van der Waals surface area contributed by atoms with E-state index in [1.807, 2.05) is 38.3 Å². The quantitative estimate of drug-likeness (QED) is 0.544. The number of hydrogen-bond acceptors (Lipinski definition) is 6. The molecule has 1 saturated heterocycles. The molecule has 33 heavy (non-hydrogen) atoms. The van der Waals surface area contributed by atoms with Crippen LogP contribution in [0.1, 0.15) is 55.7 Å². The monoisotopic (exact) mass is 456 g/mol. The van der Waals surface area contributed by atoms with Gasteiger partial charge in [0.05, 0.1) is 32.9 Å². The molecule has 0 atom stereocenters. The lowest BCUT2D eigenvalue weighted by atomic mass is 10.1. The second-order valence-electron chi connectivity index (χ2n) is 8.32. The molecule has 0 N–H and O–H groups in total. The lowest BCUT2D eigenvalue weighted by Gasteiger charge is -2.39. The third-order valence-corrected chi connectivity index (χ3v) is 5.74. The van der Waals surface area contributed by atoms with Gasteiger partial charge in [-0.15, -0.1) is 0 Å². The van der Waals surface area contributed by atoms with Gasteiger partial charge >= 0.3 is 0 Å². The summed E-state index contributed by atoms with van der Waals surface area (Å²) >= 11 is 0. The molecule has 8 heteroatoms. The van der Waals surface area contributed by atoms with E-state index in [0.717, 1.165) is 18.5 Å². The van der Waals surface area contributed by atoms with Gasteiger partial charge in [0.2, 0.25) is 5.75 Å². The summed E-state index contributed by atoms with van der Waals surface area (Å²) in [5.74, 6) is 1.94. The summed E-state index contributed by atoms with van der Waals surface area (Å²) in [7, 11) is 0. The minimum atomic E-state index is -0.148. The molecular weight excluding hydrogens is 424 g/mol. The van der Waals surface area contributed by atoms with Crippen LogP contribution in [0.15, 0.2) is 29.1 Å². The zero-order valence-electron chi connectivity index (χ0n) is 19.8. The summed E-state index contributed by atoms with van der Waals surface area (Å²) in [5, 5.41) is 0. The molecule has 4 rings (SSSR count). The molecule has 2 aliphatic rings. The largest absolute Gasteiger partial charge is 0.490 e. The normalized spacial score (nSPS) is 15.7. The van der Waals surface area contributed by atoms with Crippen molar-refractivity contribution < 1.29 is 23.7 Å². The first kappa shape index (κ1) is 23.0. The first-order valence-electron chi connectivity index (χ1n) is 11.7. The second kappa shape index (κ2) is 9.77. The predicted octanol–water partition coefficient (Wildman–Crippen LogP) is 3.59. The van der Waals surface area contributed by atoms with Crippen LogP contribution < -0.4 is 24.5 Å². The molecule has 8 nitrogen and oxygen atoms in total. The molecule has 1 aromatic heterocycles. The number of hydrogen-bond donors (Lipinski definition) is 0. The van der Waals surface area contributed by atoms with Gasteiger partial charge in [0.1, 0.15) is 11.9 Å². The minimum absolute atomic E-state index is 0.0268. The molecule has 0 unspecified atom stereocenters. The molecule has 1 aliphatic heterocycles. The standard InChI is InChI=1S/C25H32N2O6/c1-5-30-21-11-17(12-22(31-6-2)24(21)32-7-3)25(29)26-14-20(15-26)33-19-10-16(4)27(18-8-9-18)23(28)13-19/h10-13,18,20H,5-9,14-15H2,1-4H3. The summed E-state index contributed by atoms with van der Waals surface area (Å²) in [6, 6.07) is 7.19. The number of benzene rings is 1. The fourth-order valence-corrected chi connectivity index (χ4v) is 4.12. The van der Waals surface area contributed by atoms with Gasteiger partial charge in [-0.25, -0.2) is 0 Å². The number of carbonyl (C=O) groups excluding carboxylic acids is 1. The van der Waals surface area contributed by atoms with Gasteiger partial charge in [-0.2, -0.15) is 0 Å². The number of carbonyl (C=O) groups is 1. The Bertz CT molecular complexity index is 1040. The van der Waals surface area contributed by atoms with Gasteiger partial charge in [-0.1, -0.05) is 0 Å². The average molecular weight is 457 g/mol. The number of likely N-dealkylation sites (tertiary alicyclic amines) is 1. The van der Waals surface area contributed by atoms with Crippen molar-refractivity contribution >= 4 is 5.91 Å². The average Bonchev–Trinajstić information content (AvgIpc) is 3.57. The number of aryl methyl sites for hydroxylation is 1. The van der Waals surface area contributed by atoms with Crippen molar-refractivity contribution in [3.8, 4) is 23.0 Å². The van der Waals surface area contributed by atoms with Crippen LogP contribution in [0.3, 0.4) is 0 Å². The number of rotatable bonds is 10. The number of amides is 1. The highest BCUT2D eigenvalue weighted by atomic mass is 16.5. The Morgan fingerprint density at radius 3 is 2.06 bits per heavy atom. The van der Waals surface area contributed by atoms with Crippen molar-refractivity contribution in [2.75, 3.05) is 32.9 Å². The van der Waals surface area contributed by atoms with Crippen molar-refractivity contribution in [2.24, 2.45) is 0 Å². The SMILES string of the molecule is CCOc1cc(C(=O)N2CC(Oc3cc(C)n(C4CC4)c(=O)c3)C2)cc(OCC)c1OCC. The van der Waals surface area contributed by atoms with E-state index in [0.29, 0.717) is 67.5 Å². The second-order valence-corrected chi connectivity index (χ2v) is 8.32. The first-order chi connectivity index (χ1) is 15.9. The number of ether oxygens (including phenoxy) is 4. The van der Waals surface area contributed by atoms with Crippen LogP contribution in [0.25, 0.3) is 0 Å². The Kier molecular flexibility index (Phi) is 6.81. The van der Waals surface area contributed by atoms with Crippen molar-refractivity contribution in [1.82, 2.24) is 9.47 Å².